The highest BCUT2D eigenvalue weighted by Crippen LogP contribution is 2.40. The third kappa shape index (κ3) is 2.46. The molecule has 0 bridgehead atoms. The number of nitrogens with zero attached hydrogens (tertiary/aromatic N) is 2. The van der Waals surface area contributed by atoms with Crippen LogP contribution in [0.15, 0.2) is 17.5 Å². The Hall–Kier alpha value is -1.08. The molecule has 7 heteroatoms. The van der Waals surface area contributed by atoms with E-state index in [4.69, 9.17) is 0 Å². The van der Waals surface area contributed by atoms with Crippen LogP contribution in [0.5, 0.6) is 0 Å². The van der Waals surface area contributed by atoms with Crippen molar-refractivity contribution in [2.45, 2.75) is 24.0 Å². The van der Waals surface area contributed by atoms with Crippen LogP contribution >= 0.6 is 11.3 Å². The first-order chi connectivity index (χ1) is 9.94. The Morgan fingerprint density at radius 1 is 1.24 bits per heavy atom. The second-order valence-electron chi connectivity index (χ2n) is 5.85. The van der Waals surface area contributed by atoms with Gasteiger partial charge in [-0.2, -0.15) is 0 Å². The van der Waals surface area contributed by atoms with E-state index in [1.165, 1.54) is 11.3 Å². The smallest absolute Gasteiger partial charge is 0.244 e. The van der Waals surface area contributed by atoms with E-state index in [0.29, 0.717) is 25.9 Å². The normalized spacial score (nSPS) is 22.0. The molecule has 0 aromatic carbocycles. The average Bonchev–Trinajstić information content (AvgIpc) is 2.89. The summed E-state index contributed by atoms with van der Waals surface area (Å²) in [5, 5.41) is 3.25. The van der Waals surface area contributed by atoms with Crippen molar-refractivity contribution in [2.24, 2.45) is 0 Å². The summed E-state index contributed by atoms with van der Waals surface area (Å²) in [4.78, 5) is 16.7. The summed E-state index contributed by atoms with van der Waals surface area (Å²) in [6.45, 7) is 2.75. The lowest BCUT2D eigenvalue weighted by molar-refractivity contribution is -0.136. The number of sulfone groups is 1. The van der Waals surface area contributed by atoms with Crippen molar-refractivity contribution >= 4 is 32.1 Å². The molecule has 0 N–H and O–H groups in total. The zero-order chi connectivity index (χ0) is 15.1. The summed E-state index contributed by atoms with van der Waals surface area (Å²) >= 11 is 1.69. The van der Waals surface area contributed by atoms with Crippen LogP contribution < -0.4 is 4.90 Å². The monoisotopic (exact) mass is 328 g/mol. The fourth-order valence-electron chi connectivity index (χ4n) is 3.11. The molecule has 1 aromatic heterocycles. The summed E-state index contributed by atoms with van der Waals surface area (Å²) in [6.07, 6.45) is 2.99. The van der Waals surface area contributed by atoms with Gasteiger partial charge in [0.2, 0.25) is 5.91 Å². The van der Waals surface area contributed by atoms with Crippen LogP contribution in [0.2, 0.25) is 0 Å². The Kier molecular flexibility index (Phi) is 3.73. The quantitative estimate of drug-likeness (QED) is 0.841. The maximum absolute atomic E-state index is 12.7. The number of hydrogen-bond donors (Lipinski definition) is 0. The zero-order valence-electron chi connectivity index (χ0n) is 12.1. The summed E-state index contributed by atoms with van der Waals surface area (Å²) in [5.74, 6) is -0.179. The molecule has 116 valence electrons. The van der Waals surface area contributed by atoms with Gasteiger partial charge in [-0.1, -0.05) is 0 Å². The molecule has 2 fully saturated rings. The fraction of sp³-hybridized carbons (Fsp3) is 0.643. The molecule has 1 aliphatic heterocycles. The van der Waals surface area contributed by atoms with E-state index >= 15 is 0 Å². The number of carbonyl (C=O) groups is 1. The highest BCUT2D eigenvalue weighted by Gasteiger charge is 2.54. The SMILES string of the molecule is CS(=O)(=O)C1(C(=O)N2CCN(c3cccs3)CC2)CCC1. The number of rotatable bonds is 3. The van der Waals surface area contributed by atoms with Crippen molar-refractivity contribution in [1.29, 1.82) is 0 Å². The van der Waals surface area contributed by atoms with Gasteiger partial charge in [0.15, 0.2) is 14.6 Å². The van der Waals surface area contributed by atoms with Crippen LogP contribution in [0.1, 0.15) is 19.3 Å². The van der Waals surface area contributed by atoms with Gasteiger partial charge >= 0.3 is 0 Å². The maximum Gasteiger partial charge on any atom is 0.244 e. The van der Waals surface area contributed by atoms with Gasteiger partial charge in [0.1, 0.15) is 0 Å². The summed E-state index contributed by atoms with van der Waals surface area (Å²) in [7, 11) is -3.34. The summed E-state index contributed by atoms with van der Waals surface area (Å²) < 4.78 is 22.9. The molecular weight excluding hydrogens is 308 g/mol. The van der Waals surface area contributed by atoms with Gasteiger partial charge in [0.05, 0.1) is 5.00 Å². The van der Waals surface area contributed by atoms with E-state index < -0.39 is 14.6 Å². The number of piperazine rings is 1. The molecule has 1 aliphatic carbocycles. The van der Waals surface area contributed by atoms with Crippen molar-refractivity contribution in [3.63, 3.8) is 0 Å². The second-order valence-corrected chi connectivity index (χ2v) is 9.10. The molecule has 5 nitrogen and oxygen atoms in total. The number of anilines is 1. The lowest BCUT2D eigenvalue weighted by Gasteiger charge is -2.44. The summed E-state index contributed by atoms with van der Waals surface area (Å²) in [6, 6.07) is 4.09. The van der Waals surface area contributed by atoms with E-state index in [1.54, 1.807) is 16.2 Å². The van der Waals surface area contributed by atoms with Crippen molar-refractivity contribution in [1.82, 2.24) is 4.90 Å². The highest BCUT2D eigenvalue weighted by atomic mass is 32.2. The largest absolute Gasteiger partial charge is 0.360 e. The molecule has 0 radical (unpaired) electrons. The van der Waals surface area contributed by atoms with E-state index in [9.17, 15) is 13.2 Å². The van der Waals surface area contributed by atoms with E-state index in [0.717, 1.165) is 19.5 Å². The van der Waals surface area contributed by atoms with Gasteiger partial charge in [0.25, 0.3) is 0 Å². The maximum atomic E-state index is 12.7. The van der Waals surface area contributed by atoms with Gasteiger partial charge in [-0.25, -0.2) is 8.42 Å². The van der Waals surface area contributed by atoms with Crippen molar-refractivity contribution in [3.05, 3.63) is 17.5 Å². The Bertz CT molecular complexity index is 613. The molecule has 3 rings (SSSR count). The molecule has 1 saturated carbocycles. The third-order valence-corrected chi connectivity index (χ3v) is 7.58. The Morgan fingerprint density at radius 3 is 2.33 bits per heavy atom. The predicted octanol–water partition coefficient (Wildman–Crippen LogP) is 1.36. The van der Waals surface area contributed by atoms with Gasteiger partial charge in [-0.15, -0.1) is 11.3 Å². The molecule has 1 aromatic rings. The number of hydrogen-bond acceptors (Lipinski definition) is 5. The molecule has 2 aliphatic rings. The molecule has 1 saturated heterocycles. The minimum atomic E-state index is -3.34. The van der Waals surface area contributed by atoms with Crippen molar-refractivity contribution in [3.8, 4) is 0 Å². The summed E-state index contributed by atoms with van der Waals surface area (Å²) in [5.41, 5.74) is 0. The fourth-order valence-corrected chi connectivity index (χ4v) is 5.37. The Balaban J connectivity index is 1.68. The van der Waals surface area contributed by atoms with Crippen LogP contribution in [0.25, 0.3) is 0 Å². The molecular formula is C14H20N2O3S2. The minimum absolute atomic E-state index is 0.179. The molecule has 0 unspecified atom stereocenters. The molecule has 1 amide bonds. The van der Waals surface area contributed by atoms with Gasteiger partial charge in [-0.05, 0) is 36.8 Å². The molecule has 0 spiro atoms. The highest BCUT2D eigenvalue weighted by molar-refractivity contribution is 7.93. The lowest BCUT2D eigenvalue weighted by Crippen LogP contribution is -2.61. The zero-order valence-corrected chi connectivity index (χ0v) is 13.8. The van der Waals surface area contributed by atoms with Crippen LogP contribution in [0.3, 0.4) is 0 Å². The molecule has 2 heterocycles. The van der Waals surface area contributed by atoms with Crippen LogP contribution in [0.4, 0.5) is 5.00 Å². The minimum Gasteiger partial charge on any atom is -0.360 e. The van der Waals surface area contributed by atoms with E-state index in [2.05, 4.69) is 11.0 Å². The third-order valence-electron chi connectivity index (χ3n) is 4.65. The standard InChI is InChI=1S/C14H20N2O3S2/c1-21(18,19)14(5-3-6-14)13(17)16-9-7-15(8-10-16)12-4-2-11-20-12/h2,4,11H,3,5-10H2,1H3. The average molecular weight is 328 g/mol. The Labute approximate surface area is 129 Å². The second kappa shape index (κ2) is 5.28. The molecule has 0 atom stereocenters. The van der Waals surface area contributed by atoms with Crippen LogP contribution in [-0.2, 0) is 14.6 Å². The number of thiophene rings is 1. The predicted molar refractivity (Wildman–Crippen MR) is 84.5 cm³/mol. The first kappa shape index (κ1) is 14.8. The van der Waals surface area contributed by atoms with E-state index in [1.807, 2.05) is 11.4 Å². The van der Waals surface area contributed by atoms with Gasteiger partial charge in [-0.3, -0.25) is 4.79 Å². The van der Waals surface area contributed by atoms with Crippen molar-refractivity contribution < 1.29 is 13.2 Å². The molecule has 21 heavy (non-hydrogen) atoms. The van der Waals surface area contributed by atoms with Gasteiger partial charge in [0, 0.05) is 32.4 Å². The topological polar surface area (TPSA) is 57.7 Å². The first-order valence-electron chi connectivity index (χ1n) is 7.21. The van der Waals surface area contributed by atoms with Gasteiger partial charge < -0.3 is 9.80 Å². The Morgan fingerprint density at radius 2 is 1.90 bits per heavy atom. The first-order valence-corrected chi connectivity index (χ1v) is 9.99. The lowest BCUT2D eigenvalue weighted by atomic mass is 9.83. The number of carbonyl (C=O) groups excluding carboxylic acids is 1. The van der Waals surface area contributed by atoms with Crippen molar-refractivity contribution in [2.75, 3.05) is 37.3 Å². The van der Waals surface area contributed by atoms with Crippen LogP contribution in [0, 0.1) is 0 Å². The van der Waals surface area contributed by atoms with Crippen LogP contribution in [-0.4, -0.2) is 56.4 Å². The van der Waals surface area contributed by atoms with E-state index in [-0.39, 0.29) is 5.91 Å². The number of amides is 1.